The summed E-state index contributed by atoms with van der Waals surface area (Å²) in [6, 6.07) is 9.46. The molecule has 0 spiro atoms. The number of carbonyl (C=O) groups excluding carboxylic acids is 1. The first-order valence-corrected chi connectivity index (χ1v) is 11.1. The number of amides is 1. The molecule has 0 bridgehead atoms. The van der Waals surface area contributed by atoms with Gasteiger partial charge in [-0.3, -0.25) is 4.79 Å². The van der Waals surface area contributed by atoms with E-state index in [1.54, 1.807) is 0 Å². The first-order valence-electron chi connectivity index (χ1n) is 11.1. The molecular weight excluding hydrogens is 360 g/mol. The molecule has 1 aromatic carbocycles. The fraction of sp³-hybridized carbons (Fsp3) is 0.583. The van der Waals surface area contributed by atoms with Gasteiger partial charge in [0.2, 0.25) is 5.91 Å². The molecule has 4 atom stereocenters. The zero-order valence-corrected chi connectivity index (χ0v) is 17.2. The fourth-order valence-corrected chi connectivity index (χ4v) is 6.10. The molecule has 3 heterocycles. The normalized spacial score (nSPS) is 28.0. The lowest BCUT2D eigenvalue weighted by molar-refractivity contribution is -0.135. The van der Waals surface area contributed by atoms with Gasteiger partial charge in [-0.25, -0.2) is 0 Å². The Morgan fingerprint density at radius 2 is 2.14 bits per heavy atom. The van der Waals surface area contributed by atoms with Gasteiger partial charge in [-0.2, -0.15) is 5.26 Å². The van der Waals surface area contributed by atoms with Gasteiger partial charge in [0.05, 0.1) is 6.07 Å². The van der Waals surface area contributed by atoms with Crippen molar-refractivity contribution in [1.29, 1.82) is 5.26 Å². The van der Waals surface area contributed by atoms with Gasteiger partial charge < -0.3 is 14.8 Å². The average Bonchev–Trinajstić information content (AvgIpc) is 3.17. The number of hydrogen-bond acceptors (Lipinski definition) is 3. The van der Waals surface area contributed by atoms with Crippen LogP contribution in [0.15, 0.2) is 24.4 Å². The van der Waals surface area contributed by atoms with E-state index < -0.39 is 5.92 Å². The number of rotatable bonds is 3. The molecule has 5 rings (SSSR count). The van der Waals surface area contributed by atoms with Gasteiger partial charge in [-0.1, -0.05) is 12.1 Å². The molecule has 0 saturated carbocycles. The number of hydrogen-bond donors (Lipinski definition) is 1. The minimum atomic E-state index is -0.495. The molecule has 152 valence electrons. The maximum Gasteiger partial charge on any atom is 0.239 e. The van der Waals surface area contributed by atoms with Gasteiger partial charge in [0.1, 0.15) is 5.92 Å². The topological polar surface area (TPSA) is 63.1 Å². The maximum atomic E-state index is 12.9. The second-order valence-electron chi connectivity index (χ2n) is 9.31. The van der Waals surface area contributed by atoms with E-state index in [4.69, 9.17) is 0 Å². The summed E-state index contributed by atoms with van der Waals surface area (Å²) in [6.07, 6.45) is 8.36. The predicted molar refractivity (Wildman–Crippen MR) is 113 cm³/mol. The SMILES string of the molecule is CN1C[C@H](CC(C#N)C(=O)N2CCCCC2)C[C@@H]2c3cccc4[nH]cc(c34)C[C@H]21. The Morgan fingerprint density at radius 3 is 2.93 bits per heavy atom. The highest BCUT2D eigenvalue weighted by Crippen LogP contribution is 2.45. The molecular formula is C24H30N4O. The third-order valence-corrected chi connectivity index (χ3v) is 7.50. The molecule has 1 amide bonds. The Labute approximate surface area is 172 Å². The molecule has 1 aliphatic carbocycles. The van der Waals surface area contributed by atoms with Crippen LogP contribution in [0.1, 0.15) is 49.1 Å². The molecule has 2 saturated heterocycles. The maximum absolute atomic E-state index is 12.9. The number of H-pyrrole nitrogens is 1. The second-order valence-corrected chi connectivity index (χ2v) is 9.31. The third kappa shape index (κ3) is 3.24. The van der Waals surface area contributed by atoms with Crippen LogP contribution in [-0.2, 0) is 11.2 Å². The number of carbonyl (C=O) groups is 1. The Hall–Kier alpha value is -2.32. The summed E-state index contributed by atoms with van der Waals surface area (Å²) in [4.78, 5) is 20.8. The Balaban J connectivity index is 1.36. The molecule has 29 heavy (non-hydrogen) atoms. The number of benzene rings is 1. The second kappa shape index (κ2) is 7.50. The highest BCUT2D eigenvalue weighted by molar-refractivity contribution is 5.88. The van der Waals surface area contributed by atoms with Crippen LogP contribution in [-0.4, -0.2) is 53.4 Å². The van der Waals surface area contributed by atoms with E-state index in [9.17, 15) is 10.1 Å². The third-order valence-electron chi connectivity index (χ3n) is 7.50. The number of likely N-dealkylation sites (tertiary alicyclic amines) is 2. The van der Waals surface area contributed by atoms with Crippen molar-refractivity contribution in [2.75, 3.05) is 26.7 Å². The Kier molecular flexibility index (Phi) is 4.83. The number of aromatic nitrogens is 1. The summed E-state index contributed by atoms with van der Waals surface area (Å²) in [5.41, 5.74) is 4.11. The van der Waals surface area contributed by atoms with E-state index in [1.165, 1.54) is 28.5 Å². The summed E-state index contributed by atoms with van der Waals surface area (Å²) in [6.45, 7) is 2.62. The lowest BCUT2D eigenvalue weighted by Crippen LogP contribution is -2.48. The summed E-state index contributed by atoms with van der Waals surface area (Å²) < 4.78 is 0. The van der Waals surface area contributed by atoms with Crippen LogP contribution in [0.3, 0.4) is 0 Å². The number of nitrogens with zero attached hydrogens (tertiary/aromatic N) is 3. The number of likely N-dealkylation sites (N-methyl/N-ethyl adjacent to an activating group) is 1. The van der Waals surface area contributed by atoms with Crippen LogP contribution >= 0.6 is 0 Å². The van der Waals surface area contributed by atoms with E-state index in [0.717, 1.165) is 45.3 Å². The average molecular weight is 391 g/mol. The van der Waals surface area contributed by atoms with Crippen molar-refractivity contribution in [3.8, 4) is 6.07 Å². The molecule has 2 aromatic rings. The number of aromatic amines is 1. The van der Waals surface area contributed by atoms with Gasteiger partial charge in [0, 0.05) is 48.7 Å². The lowest BCUT2D eigenvalue weighted by Gasteiger charge is -2.46. The zero-order chi connectivity index (χ0) is 20.0. The van der Waals surface area contributed by atoms with Crippen LogP contribution in [0.4, 0.5) is 0 Å². The molecule has 3 aliphatic rings. The quantitative estimate of drug-likeness (QED) is 0.870. The highest BCUT2D eigenvalue weighted by atomic mass is 16.2. The van der Waals surface area contributed by atoms with E-state index in [1.807, 2.05) is 4.90 Å². The molecule has 1 N–H and O–H groups in total. The minimum Gasteiger partial charge on any atom is -0.361 e. The number of nitrogens with one attached hydrogen (secondary N) is 1. The van der Waals surface area contributed by atoms with Crippen molar-refractivity contribution in [1.82, 2.24) is 14.8 Å². The first-order chi connectivity index (χ1) is 14.2. The van der Waals surface area contributed by atoms with Gasteiger partial charge in [-0.05, 0) is 68.7 Å². The fourth-order valence-electron chi connectivity index (χ4n) is 6.10. The Morgan fingerprint density at radius 1 is 1.31 bits per heavy atom. The van der Waals surface area contributed by atoms with E-state index in [0.29, 0.717) is 24.3 Å². The van der Waals surface area contributed by atoms with Crippen LogP contribution in [0, 0.1) is 23.2 Å². The van der Waals surface area contributed by atoms with Crippen molar-refractivity contribution in [3.05, 3.63) is 35.5 Å². The van der Waals surface area contributed by atoms with Gasteiger partial charge >= 0.3 is 0 Å². The van der Waals surface area contributed by atoms with E-state index >= 15 is 0 Å². The number of fused-ring (bicyclic) bond motifs is 2. The molecule has 1 unspecified atom stereocenters. The molecule has 5 nitrogen and oxygen atoms in total. The molecule has 1 aromatic heterocycles. The molecule has 0 radical (unpaired) electrons. The largest absolute Gasteiger partial charge is 0.361 e. The molecule has 5 heteroatoms. The van der Waals surface area contributed by atoms with E-state index in [-0.39, 0.29) is 5.91 Å². The van der Waals surface area contributed by atoms with Crippen LogP contribution in [0.2, 0.25) is 0 Å². The number of piperidine rings is 2. The molecule has 2 fully saturated rings. The highest BCUT2D eigenvalue weighted by Gasteiger charge is 2.40. The lowest BCUT2D eigenvalue weighted by atomic mass is 9.71. The predicted octanol–water partition coefficient (Wildman–Crippen LogP) is 3.67. The summed E-state index contributed by atoms with van der Waals surface area (Å²) in [5.74, 6) is 0.437. The van der Waals surface area contributed by atoms with Gasteiger partial charge in [0.15, 0.2) is 0 Å². The van der Waals surface area contributed by atoms with Crippen LogP contribution in [0.5, 0.6) is 0 Å². The van der Waals surface area contributed by atoms with Crippen molar-refractivity contribution >= 4 is 16.8 Å². The van der Waals surface area contributed by atoms with Crippen LogP contribution < -0.4 is 0 Å². The zero-order valence-electron chi connectivity index (χ0n) is 17.2. The summed E-state index contributed by atoms with van der Waals surface area (Å²) >= 11 is 0. The smallest absolute Gasteiger partial charge is 0.239 e. The van der Waals surface area contributed by atoms with Gasteiger partial charge in [-0.15, -0.1) is 0 Å². The summed E-state index contributed by atoms with van der Waals surface area (Å²) in [7, 11) is 2.22. The van der Waals surface area contributed by atoms with Crippen molar-refractivity contribution in [2.45, 2.75) is 50.5 Å². The summed E-state index contributed by atoms with van der Waals surface area (Å²) in [5, 5.41) is 11.2. The van der Waals surface area contributed by atoms with Crippen molar-refractivity contribution in [3.63, 3.8) is 0 Å². The Bertz CT molecular complexity index is 951. The van der Waals surface area contributed by atoms with E-state index in [2.05, 4.69) is 47.4 Å². The van der Waals surface area contributed by atoms with Gasteiger partial charge in [0.25, 0.3) is 0 Å². The standard InChI is InChI=1S/C24H30N4O/c1-27-15-16(10-17(13-25)24(29)28-8-3-2-4-9-28)11-20-19-6-5-7-21-23(19)18(14-26-21)12-22(20)27/h5-7,14,16-17,20,22,26H,2-4,8-12,15H2,1H3/t16-,17?,20-,22-/m1/s1. The monoisotopic (exact) mass is 390 g/mol. The first kappa shape index (κ1) is 18.7. The van der Waals surface area contributed by atoms with Crippen LogP contribution in [0.25, 0.3) is 10.9 Å². The van der Waals surface area contributed by atoms with Crippen molar-refractivity contribution in [2.24, 2.45) is 11.8 Å². The minimum absolute atomic E-state index is 0.0654. The molecule has 2 aliphatic heterocycles. The number of nitriles is 1. The van der Waals surface area contributed by atoms with Crippen molar-refractivity contribution < 1.29 is 4.79 Å².